The van der Waals surface area contributed by atoms with Gasteiger partial charge >= 0.3 is 7.12 Å². The number of rotatable bonds is 4. The Morgan fingerprint density at radius 1 is 1.10 bits per heavy atom. The van der Waals surface area contributed by atoms with Crippen LogP contribution in [0.25, 0.3) is 0 Å². The highest BCUT2D eigenvalue weighted by molar-refractivity contribution is 6.58. The maximum absolute atomic E-state index is 13.7. The molecule has 0 unspecified atom stereocenters. The highest BCUT2D eigenvalue weighted by Crippen LogP contribution is 2.28. The Hall–Kier alpha value is -1.27. The Morgan fingerprint density at radius 2 is 1.85 bits per heavy atom. The molecule has 2 rings (SSSR count). The van der Waals surface area contributed by atoms with E-state index in [0.717, 1.165) is 6.07 Å². The van der Waals surface area contributed by atoms with Crippen LogP contribution < -0.4 is 10.2 Å². The predicted molar refractivity (Wildman–Crippen MR) is 77.0 cm³/mol. The van der Waals surface area contributed by atoms with Gasteiger partial charge in [0.15, 0.2) is 0 Å². The Kier molecular flexibility index (Phi) is 4.88. The Bertz CT molecular complexity index is 623. The highest BCUT2D eigenvalue weighted by Gasteiger charge is 2.14. The van der Waals surface area contributed by atoms with Gasteiger partial charge in [-0.1, -0.05) is 35.3 Å². The second-order valence-corrected chi connectivity index (χ2v) is 4.93. The van der Waals surface area contributed by atoms with E-state index in [-0.39, 0.29) is 17.6 Å². The third-order valence-electron chi connectivity index (χ3n) is 2.65. The van der Waals surface area contributed by atoms with Crippen LogP contribution >= 0.6 is 23.2 Å². The minimum atomic E-state index is -1.70. The number of benzene rings is 2. The lowest BCUT2D eigenvalue weighted by molar-refractivity contribution is 0.300. The van der Waals surface area contributed by atoms with Crippen molar-refractivity contribution in [3.63, 3.8) is 0 Å². The van der Waals surface area contributed by atoms with Crippen molar-refractivity contribution >= 4 is 35.8 Å². The molecule has 0 saturated heterocycles. The summed E-state index contributed by atoms with van der Waals surface area (Å²) in [6.07, 6.45) is 0. The number of ether oxygens (including phenoxy) is 1. The zero-order valence-electron chi connectivity index (χ0n) is 10.2. The van der Waals surface area contributed by atoms with E-state index in [1.807, 2.05) is 0 Å². The van der Waals surface area contributed by atoms with Gasteiger partial charge in [0.2, 0.25) is 0 Å². The molecule has 0 atom stereocenters. The molecule has 0 radical (unpaired) electrons. The van der Waals surface area contributed by atoms with E-state index in [9.17, 15) is 4.39 Å². The second-order valence-electron chi connectivity index (χ2n) is 4.09. The first kappa shape index (κ1) is 15.1. The topological polar surface area (TPSA) is 49.7 Å². The first-order valence-corrected chi connectivity index (χ1v) is 6.45. The Morgan fingerprint density at radius 3 is 2.45 bits per heavy atom. The van der Waals surface area contributed by atoms with Gasteiger partial charge in [-0.15, -0.1) is 0 Å². The van der Waals surface area contributed by atoms with E-state index >= 15 is 0 Å². The van der Waals surface area contributed by atoms with E-state index in [1.165, 1.54) is 18.2 Å². The summed E-state index contributed by atoms with van der Waals surface area (Å²) in [5.41, 5.74) is 0.358. The molecule has 20 heavy (non-hydrogen) atoms. The quantitative estimate of drug-likeness (QED) is 0.852. The molecule has 0 saturated carbocycles. The molecule has 0 aromatic heterocycles. The number of halogens is 3. The highest BCUT2D eigenvalue weighted by atomic mass is 35.5. The maximum atomic E-state index is 13.7. The van der Waals surface area contributed by atoms with Gasteiger partial charge in [0.05, 0.1) is 5.02 Å². The predicted octanol–water partition coefficient (Wildman–Crippen LogP) is 2.39. The monoisotopic (exact) mass is 314 g/mol. The summed E-state index contributed by atoms with van der Waals surface area (Å²) >= 11 is 11.7. The van der Waals surface area contributed by atoms with Crippen molar-refractivity contribution in [1.82, 2.24) is 0 Å². The smallest absolute Gasteiger partial charge is 0.487 e. The van der Waals surface area contributed by atoms with E-state index in [2.05, 4.69) is 0 Å². The second kappa shape index (κ2) is 6.46. The van der Waals surface area contributed by atoms with Crippen LogP contribution in [0.4, 0.5) is 4.39 Å². The average Bonchev–Trinajstić information content (AvgIpc) is 2.38. The van der Waals surface area contributed by atoms with E-state index < -0.39 is 12.9 Å². The van der Waals surface area contributed by atoms with E-state index in [0.29, 0.717) is 15.8 Å². The van der Waals surface area contributed by atoms with Gasteiger partial charge in [0.25, 0.3) is 0 Å². The summed E-state index contributed by atoms with van der Waals surface area (Å²) in [5.74, 6) is -0.192. The number of hydrogen-bond acceptors (Lipinski definition) is 3. The molecule has 2 aromatic carbocycles. The van der Waals surface area contributed by atoms with Gasteiger partial charge < -0.3 is 14.8 Å². The Balaban J connectivity index is 2.11. The zero-order valence-corrected chi connectivity index (χ0v) is 11.7. The summed E-state index contributed by atoms with van der Waals surface area (Å²) in [6, 6.07) is 8.62. The molecule has 7 heteroatoms. The largest absolute Gasteiger partial charge is 0.488 e. The van der Waals surface area contributed by atoms with Gasteiger partial charge in [0.1, 0.15) is 18.2 Å². The van der Waals surface area contributed by atoms with Gasteiger partial charge in [-0.25, -0.2) is 4.39 Å². The summed E-state index contributed by atoms with van der Waals surface area (Å²) in [7, 11) is -1.70. The van der Waals surface area contributed by atoms with Crippen LogP contribution in [0.2, 0.25) is 10.0 Å². The van der Waals surface area contributed by atoms with Gasteiger partial charge in [-0.05, 0) is 29.7 Å². The van der Waals surface area contributed by atoms with Gasteiger partial charge in [0, 0.05) is 10.6 Å². The lowest BCUT2D eigenvalue weighted by atomic mass is 9.80. The van der Waals surface area contributed by atoms with Crippen LogP contribution in [0.1, 0.15) is 5.56 Å². The normalized spacial score (nSPS) is 10.4. The van der Waals surface area contributed by atoms with Crippen LogP contribution in [0.3, 0.4) is 0 Å². The molecular weight excluding hydrogens is 305 g/mol. The molecule has 0 bridgehead atoms. The van der Waals surface area contributed by atoms with Crippen LogP contribution in [0.5, 0.6) is 5.75 Å². The van der Waals surface area contributed by atoms with Crippen molar-refractivity contribution in [2.75, 3.05) is 0 Å². The van der Waals surface area contributed by atoms with Crippen molar-refractivity contribution < 1.29 is 19.2 Å². The lowest BCUT2D eigenvalue weighted by Gasteiger charge is -2.10. The maximum Gasteiger partial charge on any atom is 0.488 e. The molecule has 0 aliphatic rings. The van der Waals surface area contributed by atoms with Crippen molar-refractivity contribution in [1.29, 1.82) is 0 Å². The Labute approximate surface area is 125 Å². The first-order chi connectivity index (χ1) is 9.47. The fourth-order valence-electron chi connectivity index (χ4n) is 1.59. The van der Waals surface area contributed by atoms with E-state index in [4.69, 9.17) is 38.0 Å². The molecule has 0 fully saturated rings. The molecule has 3 nitrogen and oxygen atoms in total. The van der Waals surface area contributed by atoms with Crippen LogP contribution in [0, 0.1) is 5.82 Å². The number of hydrogen-bond donors (Lipinski definition) is 2. The first-order valence-electron chi connectivity index (χ1n) is 5.69. The molecule has 0 aliphatic carbocycles. The summed E-state index contributed by atoms with van der Waals surface area (Å²) < 4.78 is 19.1. The van der Waals surface area contributed by atoms with Gasteiger partial charge in [-0.3, -0.25) is 0 Å². The molecule has 0 amide bonds. The van der Waals surface area contributed by atoms with Gasteiger partial charge in [-0.2, -0.15) is 0 Å². The molecule has 2 N–H and O–H groups in total. The molecule has 0 aliphatic heterocycles. The average molecular weight is 315 g/mol. The SMILES string of the molecule is OB(O)c1ccc(COc2ccc(Cl)cc2Cl)c(F)c1. The molecular formula is C13H10BCl2FO3. The van der Waals surface area contributed by atoms with Crippen molar-refractivity contribution in [2.24, 2.45) is 0 Å². The van der Waals surface area contributed by atoms with Crippen LogP contribution in [0.15, 0.2) is 36.4 Å². The minimum absolute atomic E-state index is 0.0327. The molecule has 0 heterocycles. The summed E-state index contributed by atoms with van der Waals surface area (Å²) in [4.78, 5) is 0. The van der Waals surface area contributed by atoms with E-state index in [1.54, 1.807) is 12.1 Å². The van der Waals surface area contributed by atoms with Crippen LogP contribution in [-0.2, 0) is 6.61 Å². The fraction of sp³-hybridized carbons (Fsp3) is 0.0769. The fourth-order valence-corrected chi connectivity index (χ4v) is 2.05. The summed E-state index contributed by atoms with van der Waals surface area (Å²) in [5, 5.41) is 18.7. The third-order valence-corrected chi connectivity index (χ3v) is 3.18. The van der Waals surface area contributed by atoms with Crippen LogP contribution in [-0.4, -0.2) is 17.2 Å². The molecule has 0 spiro atoms. The molecule has 2 aromatic rings. The van der Waals surface area contributed by atoms with Crippen molar-refractivity contribution in [2.45, 2.75) is 6.61 Å². The molecule has 104 valence electrons. The van der Waals surface area contributed by atoms with Crippen molar-refractivity contribution in [3.05, 3.63) is 57.8 Å². The zero-order chi connectivity index (χ0) is 14.7. The summed E-state index contributed by atoms with van der Waals surface area (Å²) in [6.45, 7) is -0.0327. The third kappa shape index (κ3) is 3.64. The van der Waals surface area contributed by atoms with Crippen molar-refractivity contribution in [3.8, 4) is 5.75 Å². The lowest BCUT2D eigenvalue weighted by Crippen LogP contribution is -2.30. The minimum Gasteiger partial charge on any atom is -0.487 e. The standard InChI is InChI=1S/C13H10BCl2FO3/c15-10-3-4-13(11(16)6-10)20-7-8-1-2-9(14(18)19)5-12(8)17/h1-6,18-19H,7H2.